The molecule has 0 unspecified atom stereocenters. The molecule has 0 spiro atoms. The predicted octanol–water partition coefficient (Wildman–Crippen LogP) is 1.58. The monoisotopic (exact) mass is 243 g/mol. The Labute approximate surface area is 74.5 Å². The molecular weight excluding hydrogens is 239 g/mol. The number of nitrogens with zero attached hydrogens (tertiary/aromatic N) is 2. The van der Waals surface area contributed by atoms with E-state index in [1.165, 1.54) is 0 Å². The SMILES string of the molecule is NCc1nc(Br)cn1C(F)(F)F. The van der Waals surface area contributed by atoms with Crippen molar-refractivity contribution in [2.75, 3.05) is 0 Å². The van der Waals surface area contributed by atoms with Crippen LogP contribution in [0.15, 0.2) is 10.8 Å². The molecule has 12 heavy (non-hydrogen) atoms. The van der Waals surface area contributed by atoms with Crippen LogP contribution >= 0.6 is 15.9 Å². The summed E-state index contributed by atoms with van der Waals surface area (Å²) in [6.07, 6.45) is -3.62. The Balaban J connectivity index is 3.13. The van der Waals surface area contributed by atoms with Crippen LogP contribution in [0, 0.1) is 0 Å². The van der Waals surface area contributed by atoms with Crippen molar-refractivity contribution in [2.45, 2.75) is 12.8 Å². The molecule has 0 aliphatic carbocycles. The summed E-state index contributed by atoms with van der Waals surface area (Å²) in [5, 5.41) is 0. The average Bonchev–Trinajstić information content (AvgIpc) is 2.29. The van der Waals surface area contributed by atoms with E-state index in [0.717, 1.165) is 6.20 Å². The molecule has 0 aliphatic rings. The summed E-state index contributed by atoms with van der Waals surface area (Å²) in [5.74, 6) is -0.214. The highest BCUT2D eigenvalue weighted by Gasteiger charge is 2.33. The lowest BCUT2D eigenvalue weighted by Gasteiger charge is -2.08. The molecule has 0 fully saturated rings. The first-order chi connectivity index (χ1) is 5.45. The van der Waals surface area contributed by atoms with Crippen LogP contribution in [0.2, 0.25) is 0 Å². The molecule has 0 aliphatic heterocycles. The first kappa shape index (κ1) is 9.53. The van der Waals surface area contributed by atoms with Gasteiger partial charge in [-0.2, -0.15) is 0 Å². The summed E-state index contributed by atoms with van der Waals surface area (Å²) in [4.78, 5) is 3.53. The number of rotatable bonds is 1. The van der Waals surface area contributed by atoms with Gasteiger partial charge in [-0.1, -0.05) is 0 Å². The van der Waals surface area contributed by atoms with E-state index in [2.05, 4.69) is 20.9 Å². The highest BCUT2D eigenvalue weighted by Crippen LogP contribution is 2.25. The van der Waals surface area contributed by atoms with E-state index in [1.807, 2.05) is 0 Å². The first-order valence-corrected chi connectivity index (χ1v) is 3.75. The van der Waals surface area contributed by atoms with E-state index in [9.17, 15) is 13.2 Å². The lowest BCUT2D eigenvalue weighted by molar-refractivity contribution is -0.205. The molecule has 7 heteroatoms. The molecule has 2 N–H and O–H groups in total. The summed E-state index contributed by atoms with van der Waals surface area (Å²) in [6.45, 7) is -0.245. The Morgan fingerprint density at radius 1 is 1.58 bits per heavy atom. The Hall–Kier alpha value is -0.560. The van der Waals surface area contributed by atoms with Crippen LogP contribution in [0.3, 0.4) is 0 Å². The molecule has 0 saturated carbocycles. The highest BCUT2D eigenvalue weighted by molar-refractivity contribution is 9.10. The molecule has 68 valence electrons. The Bertz CT molecular complexity index is 280. The standard InChI is InChI=1S/C5H5BrF3N3/c6-3-2-12(5(7,8)9)4(1-10)11-3/h2H,1,10H2. The van der Waals surface area contributed by atoms with Crippen molar-refractivity contribution in [1.29, 1.82) is 0 Å². The van der Waals surface area contributed by atoms with Gasteiger partial charge in [0.1, 0.15) is 10.4 Å². The molecule has 3 nitrogen and oxygen atoms in total. The number of hydrogen-bond donors (Lipinski definition) is 1. The van der Waals surface area contributed by atoms with Gasteiger partial charge in [0.05, 0.1) is 6.54 Å². The minimum absolute atomic E-state index is 0.0804. The van der Waals surface area contributed by atoms with Gasteiger partial charge in [0.2, 0.25) is 0 Å². The van der Waals surface area contributed by atoms with Gasteiger partial charge in [-0.25, -0.2) is 9.55 Å². The van der Waals surface area contributed by atoms with E-state index in [-0.39, 0.29) is 21.5 Å². The largest absolute Gasteiger partial charge is 0.489 e. The minimum atomic E-state index is -4.45. The molecular formula is C5H5BrF3N3. The van der Waals surface area contributed by atoms with Crippen molar-refractivity contribution in [3.63, 3.8) is 0 Å². The van der Waals surface area contributed by atoms with Crippen LogP contribution in [-0.4, -0.2) is 9.55 Å². The fraction of sp³-hybridized carbons (Fsp3) is 0.400. The van der Waals surface area contributed by atoms with Gasteiger partial charge in [-0.05, 0) is 15.9 Å². The van der Waals surface area contributed by atoms with Crippen LogP contribution in [0.4, 0.5) is 13.2 Å². The summed E-state index contributed by atoms with van der Waals surface area (Å²) in [7, 11) is 0. The van der Waals surface area contributed by atoms with Crippen molar-refractivity contribution in [2.24, 2.45) is 5.73 Å². The van der Waals surface area contributed by atoms with Gasteiger partial charge in [-0.3, -0.25) is 0 Å². The quantitative estimate of drug-likeness (QED) is 0.814. The third kappa shape index (κ3) is 1.78. The van der Waals surface area contributed by atoms with Crippen LogP contribution in [0.5, 0.6) is 0 Å². The second-order valence-electron chi connectivity index (χ2n) is 2.02. The van der Waals surface area contributed by atoms with Crippen LogP contribution in [-0.2, 0) is 12.8 Å². The molecule has 1 aromatic heterocycles. The molecule has 0 radical (unpaired) electrons. The number of halogens is 4. The van der Waals surface area contributed by atoms with Crippen molar-refractivity contribution in [3.8, 4) is 0 Å². The molecule has 1 aromatic rings. The van der Waals surface area contributed by atoms with Crippen LogP contribution in [0.25, 0.3) is 0 Å². The van der Waals surface area contributed by atoms with E-state index in [1.54, 1.807) is 0 Å². The molecule has 0 aromatic carbocycles. The summed E-state index contributed by atoms with van der Waals surface area (Å²) in [5.41, 5.74) is 5.06. The number of alkyl halides is 3. The molecule has 1 heterocycles. The van der Waals surface area contributed by atoms with Gasteiger partial charge in [-0.15, -0.1) is 13.2 Å². The number of imidazole rings is 1. The maximum absolute atomic E-state index is 12.1. The van der Waals surface area contributed by atoms with Crippen LogP contribution < -0.4 is 5.73 Å². The summed E-state index contributed by atoms with van der Waals surface area (Å²) in [6, 6.07) is 0. The molecule has 0 amide bonds. The zero-order valence-corrected chi connectivity index (χ0v) is 7.35. The van der Waals surface area contributed by atoms with Gasteiger partial charge in [0.25, 0.3) is 0 Å². The van der Waals surface area contributed by atoms with E-state index >= 15 is 0 Å². The van der Waals surface area contributed by atoms with Crippen molar-refractivity contribution in [3.05, 3.63) is 16.6 Å². The lowest BCUT2D eigenvalue weighted by Crippen LogP contribution is -2.20. The number of nitrogens with two attached hydrogens (primary N) is 1. The Morgan fingerprint density at radius 3 is 2.50 bits per heavy atom. The Morgan fingerprint density at radius 2 is 2.17 bits per heavy atom. The topological polar surface area (TPSA) is 43.8 Å². The zero-order chi connectivity index (χ0) is 9.35. The average molecular weight is 244 g/mol. The van der Waals surface area contributed by atoms with Crippen molar-refractivity contribution in [1.82, 2.24) is 9.55 Å². The van der Waals surface area contributed by atoms with E-state index in [0.29, 0.717) is 0 Å². The zero-order valence-electron chi connectivity index (χ0n) is 5.77. The molecule has 0 saturated heterocycles. The van der Waals surface area contributed by atoms with Crippen molar-refractivity contribution < 1.29 is 13.2 Å². The summed E-state index contributed by atoms with van der Waals surface area (Å²) < 4.78 is 36.5. The van der Waals surface area contributed by atoms with Crippen LogP contribution in [0.1, 0.15) is 5.82 Å². The first-order valence-electron chi connectivity index (χ1n) is 2.96. The van der Waals surface area contributed by atoms with Crippen molar-refractivity contribution >= 4 is 15.9 Å². The van der Waals surface area contributed by atoms with Gasteiger partial charge >= 0.3 is 6.30 Å². The number of aromatic nitrogens is 2. The van der Waals surface area contributed by atoms with Gasteiger partial charge in [0.15, 0.2) is 0 Å². The maximum Gasteiger partial charge on any atom is 0.489 e. The third-order valence-electron chi connectivity index (χ3n) is 1.21. The lowest BCUT2D eigenvalue weighted by atomic mass is 10.6. The molecule has 0 atom stereocenters. The fourth-order valence-electron chi connectivity index (χ4n) is 0.751. The fourth-order valence-corrected chi connectivity index (χ4v) is 1.16. The summed E-state index contributed by atoms with van der Waals surface area (Å²) >= 11 is 2.83. The molecule has 1 rings (SSSR count). The van der Waals surface area contributed by atoms with Gasteiger partial charge < -0.3 is 5.73 Å². The normalized spacial score (nSPS) is 12.1. The van der Waals surface area contributed by atoms with Gasteiger partial charge in [0, 0.05) is 6.20 Å². The Kier molecular flexibility index (Phi) is 2.43. The van der Waals surface area contributed by atoms with E-state index < -0.39 is 6.30 Å². The maximum atomic E-state index is 12.1. The molecule has 0 bridgehead atoms. The smallest absolute Gasteiger partial charge is 0.324 e. The predicted molar refractivity (Wildman–Crippen MR) is 39.1 cm³/mol. The third-order valence-corrected chi connectivity index (χ3v) is 1.59. The minimum Gasteiger partial charge on any atom is -0.324 e. The second-order valence-corrected chi connectivity index (χ2v) is 2.83. The second kappa shape index (κ2) is 3.06. The number of hydrogen-bond acceptors (Lipinski definition) is 2. The highest BCUT2D eigenvalue weighted by atomic mass is 79.9. The van der Waals surface area contributed by atoms with E-state index in [4.69, 9.17) is 5.73 Å².